The smallest absolute Gasteiger partial charge is 0.345 e. The third-order valence-electron chi connectivity index (χ3n) is 4.47. The van der Waals surface area contributed by atoms with E-state index in [1.165, 1.54) is 0 Å². The Morgan fingerprint density at radius 2 is 2.04 bits per heavy atom. The molecule has 0 aromatic carbocycles. The highest BCUT2D eigenvalue weighted by Gasteiger charge is 2.16. The van der Waals surface area contributed by atoms with Crippen LogP contribution in [0.25, 0.3) is 0 Å². The van der Waals surface area contributed by atoms with Gasteiger partial charge in [0.2, 0.25) is 0 Å². The zero-order valence-corrected chi connectivity index (χ0v) is 19.2. The molecule has 2 heterocycles. The molecular formula is C18H35IN6O2. The fourth-order valence-corrected chi connectivity index (χ4v) is 2.91. The zero-order chi connectivity index (χ0) is 18.8. The highest BCUT2D eigenvalue weighted by molar-refractivity contribution is 14.0. The lowest BCUT2D eigenvalue weighted by Crippen LogP contribution is -2.39. The molecule has 2 rings (SSSR count). The van der Waals surface area contributed by atoms with Crippen molar-refractivity contribution in [2.45, 2.75) is 59.0 Å². The van der Waals surface area contributed by atoms with E-state index in [2.05, 4.69) is 34.6 Å². The van der Waals surface area contributed by atoms with Gasteiger partial charge in [-0.1, -0.05) is 13.8 Å². The number of halogens is 1. The number of nitrogens with one attached hydrogen (secondary N) is 2. The van der Waals surface area contributed by atoms with Crippen molar-refractivity contribution in [3.05, 3.63) is 16.3 Å². The quantitative estimate of drug-likeness (QED) is 0.224. The van der Waals surface area contributed by atoms with Crippen molar-refractivity contribution >= 4 is 29.9 Å². The molecule has 0 fully saturated rings. The summed E-state index contributed by atoms with van der Waals surface area (Å²) in [6, 6.07) is 0. The molecule has 156 valence electrons. The molecule has 0 radical (unpaired) electrons. The average molecular weight is 494 g/mol. The number of rotatable bonds is 10. The standard InChI is InChI=1S/C18H34N6O2.HI/c1-15(2)8-13-26-14-10-21-17(19-3)20-9-6-12-24-18(25)23-11-5-4-7-16(23)22-24;/h15H,4-14H2,1-3H3,(H2,19,20,21);1H. The van der Waals surface area contributed by atoms with Crippen LogP contribution >= 0.6 is 24.0 Å². The van der Waals surface area contributed by atoms with Gasteiger partial charge in [0.1, 0.15) is 5.82 Å². The number of hydrogen-bond donors (Lipinski definition) is 2. The molecule has 0 unspecified atom stereocenters. The minimum Gasteiger partial charge on any atom is -0.380 e. The van der Waals surface area contributed by atoms with Crippen LogP contribution in [-0.2, 0) is 24.2 Å². The number of fused-ring (bicyclic) bond motifs is 1. The Hall–Kier alpha value is -1.10. The second-order valence-corrected chi connectivity index (χ2v) is 7.10. The molecule has 27 heavy (non-hydrogen) atoms. The normalized spacial score (nSPS) is 14.0. The summed E-state index contributed by atoms with van der Waals surface area (Å²) in [4.78, 5) is 16.5. The first kappa shape index (κ1) is 23.9. The van der Waals surface area contributed by atoms with Gasteiger partial charge >= 0.3 is 5.69 Å². The molecule has 9 heteroatoms. The lowest BCUT2D eigenvalue weighted by atomic mass is 10.1. The molecule has 1 aromatic heterocycles. The van der Waals surface area contributed by atoms with E-state index in [-0.39, 0.29) is 29.7 Å². The van der Waals surface area contributed by atoms with E-state index in [1.807, 2.05) is 4.57 Å². The third kappa shape index (κ3) is 8.20. The summed E-state index contributed by atoms with van der Waals surface area (Å²) in [7, 11) is 1.75. The van der Waals surface area contributed by atoms with Gasteiger partial charge in [0.05, 0.1) is 6.61 Å². The van der Waals surface area contributed by atoms with Gasteiger partial charge in [0, 0.05) is 46.3 Å². The number of aryl methyl sites for hydroxylation is 2. The fraction of sp³-hybridized carbons (Fsp3) is 0.833. The predicted molar refractivity (Wildman–Crippen MR) is 119 cm³/mol. The summed E-state index contributed by atoms with van der Waals surface area (Å²) >= 11 is 0. The van der Waals surface area contributed by atoms with E-state index in [0.717, 1.165) is 70.1 Å². The van der Waals surface area contributed by atoms with Crippen LogP contribution in [0, 0.1) is 5.92 Å². The van der Waals surface area contributed by atoms with Crippen molar-refractivity contribution in [2.24, 2.45) is 10.9 Å². The average Bonchev–Trinajstić information content (AvgIpc) is 2.95. The SMILES string of the molecule is CN=C(NCCCn1nc2n(c1=O)CCCC2)NCCOCCC(C)C.I. The minimum atomic E-state index is 0. The molecule has 0 aliphatic carbocycles. The summed E-state index contributed by atoms with van der Waals surface area (Å²) in [6.07, 6.45) is 5.02. The number of aliphatic imine (C=N–C) groups is 1. The summed E-state index contributed by atoms with van der Waals surface area (Å²) in [5.41, 5.74) is 0.0285. The monoisotopic (exact) mass is 494 g/mol. The van der Waals surface area contributed by atoms with Gasteiger partial charge in [-0.2, -0.15) is 5.10 Å². The highest BCUT2D eigenvalue weighted by atomic mass is 127. The van der Waals surface area contributed by atoms with Crippen LogP contribution in [-0.4, -0.2) is 53.7 Å². The molecule has 1 aliphatic rings. The molecule has 0 atom stereocenters. The van der Waals surface area contributed by atoms with Crippen molar-refractivity contribution < 1.29 is 4.74 Å². The molecule has 1 aromatic rings. The first-order valence-corrected chi connectivity index (χ1v) is 9.80. The van der Waals surface area contributed by atoms with Gasteiger partial charge in [-0.05, 0) is 31.6 Å². The predicted octanol–water partition coefficient (Wildman–Crippen LogP) is 1.62. The molecule has 0 bridgehead atoms. The summed E-state index contributed by atoms with van der Waals surface area (Å²) in [5.74, 6) is 2.36. The Balaban J connectivity index is 0.00000364. The summed E-state index contributed by atoms with van der Waals surface area (Å²) < 4.78 is 9.00. The maximum atomic E-state index is 12.3. The number of hydrogen-bond acceptors (Lipinski definition) is 4. The van der Waals surface area contributed by atoms with E-state index in [0.29, 0.717) is 19.1 Å². The summed E-state index contributed by atoms with van der Waals surface area (Å²) in [6.45, 7) is 8.76. The number of nitrogens with zero attached hydrogens (tertiary/aromatic N) is 4. The molecule has 1 aliphatic heterocycles. The molecule has 0 saturated carbocycles. The number of guanidine groups is 1. The Kier molecular flexibility index (Phi) is 11.7. The minimum absolute atomic E-state index is 0. The van der Waals surface area contributed by atoms with E-state index in [4.69, 9.17) is 4.74 Å². The number of aromatic nitrogens is 3. The van der Waals surface area contributed by atoms with Crippen molar-refractivity contribution in [3.8, 4) is 0 Å². The first-order valence-electron chi connectivity index (χ1n) is 9.80. The van der Waals surface area contributed by atoms with Crippen LogP contribution in [0.5, 0.6) is 0 Å². The van der Waals surface area contributed by atoms with E-state index in [1.54, 1.807) is 11.7 Å². The van der Waals surface area contributed by atoms with Gasteiger partial charge in [0.25, 0.3) is 0 Å². The van der Waals surface area contributed by atoms with E-state index < -0.39 is 0 Å². The van der Waals surface area contributed by atoms with Crippen molar-refractivity contribution in [2.75, 3.05) is 33.4 Å². The van der Waals surface area contributed by atoms with Gasteiger partial charge in [-0.25, -0.2) is 9.48 Å². The van der Waals surface area contributed by atoms with Crippen LogP contribution in [0.2, 0.25) is 0 Å². The lowest BCUT2D eigenvalue weighted by Gasteiger charge is -2.12. The molecule has 8 nitrogen and oxygen atoms in total. The van der Waals surface area contributed by atoms with Crippen LogP contribution < -0.4 is 16.3 Å². The molecule has 0 spiro atoms. The Morgan fingerprint density at radius 3 is 2.74 bits per heavy atom. The van der Waals surface area contributed by atoms with Crippen LogP contribution in [0.4, 0.5) is 0 Å². The van der Waals surface area contributed by atoms with Crippen LogP contribution in [0.15, 0.2) is 9.79 Å². The topological polar surface area (TPSA) is 85.5 Å². The molecule has 0 saturated heterocycles. The lowest BCUT2D eigenvalue weighted by molar-refractivity contribution is 0.128. The molecule has 0 amide bonds. The van der Waals surface area contributed by atoms with Crippen LogP contribution in [0.1, 0.15) is 45.4 Å². The van der Waals surface area contributed by atoms with Gasteiger partial charge < -0.3 is 15.4 Å². The highest BCUT2D eigenvalue weighted by Crippen LogP contribution is 2.09. The maximum Gasteiger partial charge on any atom is 0.345 e. The van der Waals surface area contributed by atoms with Crippen molar-refractivity contribution in [3.63, 3.8) is 0 Å². The second kappa shape index (κ2) is 13.1. The van der Waals surface area contributed by atoms with E-state index >= 15 is 0 Å². The van der Waals surface area contributed by atoms with Gasteiger partial charge in [0.15, 0.2) is 5.96 Å². The van der Waals surface area contributed by atoms with Crippen LogP contribution in [0.3, 0.4) is 0 Å². The number of ether oxygens (including phenoxy) is 1. The Morgan fingerprint density at radius 1 is 1.26 bits per heavy atom. The third-order valence-corrected chi connectivity index (χ3v) is 4.47. The van der Waals surface area contributed by atoms with Gasteiger partial charge in [-0.3, -0.25) is 9.56 Å². The molecule has 2 N–H and O–H groups in total. The fourth-order valence-electron chi connectivity index (χ4n) is 2.91. The first-order chi connectivity index (χ1) is 12.6. The largest absolute Gasteiger partial charge is 0.380 e. The molecular weight excluding hydrogens is 459 g/mol. The second-order valence-electron chi connectivity index (χ2n) is 7.10. The Labute approximate surface area is 179 Å². The van der Waals surface area contributed by atoms with Crippen molar-refractivity contribution in [1.29, 1.82) is 0 Å². The Bertz CT molecular complexity index is 626. The zero-order valence-electron chi connectivity index (χ0n) is 16.9. The van der Waals surface area contributed by atoms with Crippen molar-refractivity contribution in [1.82, 2.24) is 25.0 Å². The maximum absolute atomic E-state index is 12.3. The summed E-state index contributed by atoms with van der Waals surface area (Å²) in [5, 5.41) is 11.0. The van der Waals surface area contributed by atoms with Gasteiger partial charge in [-0.15, -0.1) is 24.0 Å². The van der Waals surface area contributed by atoms with E-state index in [9.17, 15) is 4.79 Å².